The van der Waals surface area contributed by atoms with Crippen LogP contribution in [0.25, 0.3) is 0 Å². The zero-order valence-corrected chi connectivity index (χ0v) is 12.4. The van der Waals surface area contributed by atoms with E-state index in [1.54, 1.807) is 24.7 Å². The van der Waals surface area contributed by atoms with Gasteiger partial charge in [0, 0.05) is 31.1 Å². The van der Waals surface area contributed by atoms with Gasteiger partial charge < -0.3 is 10.1 Å². The Morgan fingerprint density at radius 2 is 2.10 bits per heavy atom. The van der Waals surface area contributed by atoms with E-state index in [9.17, 15) is 0 Å². The first-order valence-electron chi connectivity index (χ1n) is 6.57. The van der Waals surface area contributed by atoms with Gasteiger partial charge in [-0.15, -0.1) is 0 Å². The van der Waals surface area contributed by atoms with Gasteiger partial charge in [-0.05, 0) is 18.0 Å². The maximum Gasteiger partial charge on any atom is 0.219 e. The second-order valence-electron chi connectivity index (χ2n) is 4.97. The van der Waals surface area contributed by atoms with Crippen LogP contribution in [0.3, 0.4) is 0 Å². The summed E-state index contributed by atoms with van der Waals surface area (Å²) in [5.74, 6) is 1.75. The lowest BCUT2D eigenvalue weighted by molar-refractivity contribution is 0.460. The second kappa shape index (κ2) is 7.22. The minimum absolute atomic E-state index is 0.529. The molecular formula is C15H18ClN3O. The predicted molar refractivity (Wildman–Crippen MR) is 80.1 cm³/mol. The molecule has 106 valence electrons. The highest BCUT2D eigenvalue weighted by molar-refractivity contribution is 6.30. The third-order valence-corrected chi connectivity index (χ3v) is 2.79. The molecule has 0 fully saturated rings. The van der Waals surface area contributed by atoms with E-state index in [0.717, 1.165) is 18.7 Å². The summed E-state index contributed by atoms with van der Waals surface area (Å²) in [4.78, 5) is 8.23. The number of nitrogens with zero attached hydrogens (tertiary/aromatic N) is 2. The van der Waals surface area contributed by atoms with Crippen LogP contribution in [-0.2, 0) is 6.54 Å². The van der Waals surface area contributed by atoms with Crippen molar-refractivity contribution in [1.82, 2.24) is 15.3 Å². The summed E-state index contributed by atoms with van der Waals surface area (Å²) >= 11 is 5.85. The van der Waals surface area contributed by atoms with Crippen molar-refractivity contribution in [2.24, 2.45) is 5.92 Å². The normalized spacial score (nSPS) is 10.8. The number of pyridine rings is 2. The van der Waals surface area contributed by atoms with Crippen molar-refractivity contribution < 1.29 is 4.74 Å². The Morgan fingerprint density at radius 3 is 2.75 bits per heavy atom. The topological polar surface area (TPSA) is 47.0 Å². The number of halogens is 1. The van der Waals surface area contributed by atoms with Gasteiger partial charge in [-0.3, -0.25) is 4.98 Å². The van der Waals surface area contributed by atoms with E-state index < -0.39 is 0 Å². The molecule has 0 saturated heterocycles. The van der Waals surface area contributed by atoms with Crippen molar-refractivity contribution in [2.45, 2.75) is 20.4 Å². The Balaban J connectivity index is 1.91. The predicted octanol–water partition coefficient (Wildman–Crippen LogP) is 3.67. The van der Waals surface area contributed by atoms with Crippen molar-refractivity contribution in [2.75, 3.05) is 6.54 Å². The van der Waals surface area contributed by atoms with Crippen LogP contribution in [0, 0.1) is 5.92 Å². The highest BCUT2D eigenvalue weighted by Gasteiger charge is 2.01. The van der Waals surface area contributed by atoms with Gasteiger partial charge in [0.15, 0.2) is 0 Å². The Bertz CT molecular complexity index is 543. The Morgan fingerprint density at radius 1 is 1.25 bits per heavy atom. The maximum absolute atomic E-state index is 5.85. The fourth-order valence-corrected chi connectivity index (χ4v) is 1.81. The zero-order chi connectivity index (χ0) is 14.4. The average Bonchev–Trinajstić information content (AvgIpc) is 2.40. The fraction of sp³-hybridized carbons (Fsp3) is 0.333. The highest BCUT2D eigenvalue weighted by Crippen LogP contribution is 2.21. The third kappa shape index (κ3) is 4.79. The van der Waals surface area contributed by atoms with Crippen molar-refractivity contribution in [3.63, 3.8) is 0 Å². The summed E-state index contributed by atoms with van der Waals surface area (Å²) in [6.07, 6.45) is 4.97. The lowest BCUT2D eigenvalue weighted by Crippen LogP contribution is -2.18. The van der Waals surface area contributed by atoms with Crippen LogP contribution < -0.4 is 10.1 Å². The number of nitrogens with one attached hydrogen (secondary N) is 1. The molecular weight excluding hydrogens is 274 g/mol. The van der Waals surface area contributed by atoms with E-state index in [4.69, 9.17) is 16.3 Å². The van der Waals surface area contributed by atoms with Crippen LogP contribution in [0.1, 0.15) is 19.4 Å². The molecule has 4 nitrogen and oxygen atoms in total. The van der Waals surface area contributed by atoms with E-state index in [1.165, 1.54) is 0 Å². The van der Waals surface area contributed by atoms with Gasteiger partial charge in [-0.1, -0.05) is 31.5 Å². The van der Waals surface area contributed by atoms with E-state index in [0.29, 0.717) is 22.6 Å². The monoisotopic (exact) mass is 291 g/mol. The van der Waals surface area contributed by atoms with Crippen molar-refractivity contribution in [3.05, 3.63) is 47.4 Å². The molecule has 0 atom stereocenters. The molecule has 2 heterocycles. The Kier molecular flexibility index (Phi) is 5.32. The zero-order valence-electron chi connectivity index (χ0n) is 11.6. The smallest absolute Gasteiger partial charge is 0.219 e. The van der Waals surface area contributed by atoms with Crippen LogP contribution in [0.5, 0.6) is 11.6 Å². The molecule has 20 heavy (non-hydrogen) atoms. The molecule has 0 unspecified atom stereocenters. The number of rotatable bonds is 6. The van der Waals surface area contributed by atoms with Crippen LogP contribution in [0.2, 0.25) is 5.02 Å². The summed E-state index contributed by atoms with van der Waals surface area (Å²) in [6, 6.07) is 5.54. The highest BCUT2D eigenvalue weighted by atomic mass is 35.5. The van der Waals surface area contributed by atoms with Crippen LogP contribution in [0.15, 0.2) is 36.8 Å². The van der Waals surface area contributed by atoms with Gasteiger partial charge in [-0.25, -0.2) is 4.98 Å². The quantitative estimate of drug-likeness (QED) is 0.882. The molecule has 0 aromatic carbocycles. The summed E-state index contributed by atoms with van der Waals surface area (Å²) < 4.78 is 5.58. The fourth-order valence-electron chi connectivity index (χ4n) is 1.65. The van der Waals surface area contributed by atoms with Gasteiger partial charge in [0.1, 0.15) is 5.75 Å². The SMILES string of the molecule is CC(C)CNCc1ccc(Oc2cncc(Cl)c2)nc1. The molecule has 2 aromatic heterocycles. The number of hydrogen-bond acceptors (Lipinski definition) is 4. The van der Waals surface area contributed by atoms with Crippen LogP contribution in [-0.4, -0.2) is 16.5 Å². The summed E-state index contributed by atoms with van der Waals surface area (Å²) in [7, 11) is 0. The lowest BCUT2D eigenvalue weighted by atomic mass is 10.2. The van der Waals surface area contributed by atoms with E-state index in [1.807, 2.05) is 12.1 Å². The Hall–Kier alpha value is -1.65. The van der Waals surface area contributed by atoms with E-state index in [2.05, 4.69) is 29.1 Å². The molecule has 0 aliphatic carbocycles. The van der Waals surface area contributed by atoms with Gasteiger partial charge >= 0.3 is 0 Å². The largest absolute Gasteiger partial charge is 0.437 e. The molecule has 0 aliphatic heterocycles. The van der Waals surface area contributed by atoms with E-state index in [-0.39, 0.29) is 0 Å². The molecule has 0 bridgehead atoms. The van der Waals surface area contributed by atoms with Crippen molar-refractivity contribution >= 4 is 11.6 Å². The van der Waals surface area contributed by atoms with Crippen molar-refractivity contribution in [1.29, 1.82) is 0 Å². The number of hydrogen-bond donors (Lipinski definition) is 1. The summed E-state index contributed by atoms with van der Waals surface area (Å²) in [6.45, 7) is 6.17. The molecule has 2 aromatic rings. The minimum Gasteiger partial charge on any atom is -0.437 e. The van der Waals surface area contributed by atoms with Crippen LogP contribution >= 0.6 is 11.6 Å². The second-order valence-corrected chi connectivity index (χ2v) is 5.41. The first-order valence-corrected chi connectivity index (χ1v) is 6.95. The first kappa shape index (κ1) is 14.8. The molecule has 2 rings (SSSR count). The molecule has 0 radical (unpaired) electrons. The summed E-state index contributed by atoms with van der Waals surface area (Å²) in [5, 5.41) is 3.91. The molecule has 1 N–H and O–H groups in total. The van der Waals surface area contributed by atoms with Crippen molar-refractivity contribution in [3.8, 4) is 11.6 Å². The van der Waals surface area contributed by atoms with Gasteiger partial charge in [0.2, 0.25) is 5.88 Å². The average molecular weight is 292 g/mol. The lowest BCUT2D eigenvalue weighted by Gasteiger charge is -2.08. The summed E-state index contributed by atoms with van der Waals surface area (Å²) in [5.41, 5.74) is 1.13. The first-order chi connectivity index (χ1) is 9.63. The van der Waals surface area contributed by atoms with E-state index >= 15 is 0 Å². The molecule has 0 saturated carbocycles. The number of ether oxygens (including phenoxy) is 1. The number of aromatic nitrogens is 2. The molecule has 0 amide bonds. The minimum atomic E-state index is 0.529. The molecule has 0 aliphatic rings. The third-order valence-electron chi connectivity index (χ3n) is 2.58. The van der Waals surface area contributed by atoms with Crippen LogP contribution in [0.4, 0.5) is 0 Å². The standard InChI is InChI=1S/C15H18ClN3O/c1-11(2)6-17-7-12-3-4-15(19-8-12)20-14-5-13(16)9-18-10-14/h3-5,8-11,17H,6-7H2,1-2H3. The van der Waals surface area contributed by atoms with Gasteiger partial charge in [0.05, 0.1) is 11.2 Å². The van der Waals surface area contributed by atoms with Gasteiger partial charge in [-0.2, -0.15) is 0 Å². The maximum atomic E-state index is 5.85. The Labute approximate surface area is 124 Å². The molecule has 0 spiro atoms. The van der Waals surface area contributed by atoms with Gasteiger partial charge in [0.25, 0.3) is 0 Å². The molecule has 5 heteroatoms.